The van der Waals surface area contributed by atoms with Crippen LogP contribution in [0.15, 0.2) is 24.3 Å². The molecule has 2 aromatic rings. The number of aromatic hydroxyl groups is 2. The van der Waals surface area contributed by atoms with Gasteiger partial charge in [0.1, 0.15) is 0 Å². The molecule has 0 bridgehead atoms. The number of benzene rings is 2. The molecule has 4 rings (SSSR count). The maximum absolute atomic E-state index is 11.2. The summed E-state index contributed by atoms with van der Waals surface area (Å²) in [6.45, 7) is 18.1. The van der Waals surface area contributed by atoms with Crippen molar-refractivity contribution >= 4 is 18.4 Å². The van der Waals surface area contributed by atoms with E-state index in [1.165, 1.54) is 12.8 Å². The van der Waals surface area contributed by atoms with Gasteiger partial charge in [0.15, 0.2) is 0 Å². The Balaban J connectivity index is 0.000000983. The number of phenolic OH excluding ortho intramolecular Hbond substituents is 2. The summed E-state index contributed by atoms with van der Waals surface area (Å²) in [7, 11) is 0. The predicted molar refractivity (Wildman–Crippen MR) is 151 cm³/mol. The first-order valence-electron chi connectivity index (χ1n) is 13.7. The predicted octanol–water partition coefficient (Wildman–Crippen LogP) is 4.87. The van der Waals surface area contributed by atoms with Crippen LogP contribution in [-0.2, 0) is 30.8 Å². The number of carboxylic acid groups (broad SMARTS) is 1. The zero-order valence-corrected chi connectivity index (χ0v) is 25.9. The Morgan fingerprint density at radius 2 is 1.15 bits per heavy atom. The molecule has 0 amide bonds. The van der Waals surface area contributed by atoms with Crippen molar-refractivity contribution in [2.24, 2.45) is 0 Å². The second-order valence-corrected chi connectivity index (χ2v) is 14.2. The van der Waals surface area contributed by atoms with Gasteiger partial charge in [0.25, 0.3) is 0 Å². The summed E-state index contributed by atoms with van der Waals surface area (Å²) in [5, 5.41) is 31.2. The summed E-state index contributed by atoms with van der Waals surface area (Å²) >= 11 is 1.11. The first kappa shape index (κ1) is 30.9. The molecule has 1 saturated carbocycles. The van der Waals surface area contributed by atoms with Crippen molar-refractivity contribution in [1.29, 1.82) is 0 Å². The van der Waals surface area contributed by atoms with Crippen LogP contribution in [0.1, 0.15) is 108 Å². The summed E-state index contributed by atoms with van der Waals surface area (Å²) < 4.78 is 4.77. The van der Waals surface area contributed by atoms with Crippen LogP contribution >= 0.6 is 0 Å². The molecule has 0 radical (unpaired) electrons. The number of fused-ring (bicyclic) bond motifs is 1. The number of aliphatic carboxylic acids is 1. The molecule has 2 aliphatic rings. The Bertz CT molecular complexity index is 1200. The zero-order valence-electron chi connectivity index (χ0n) is 24.9. The van der Waals surface area contributed by atoms with Crippen LogP contribution in [-0.4, -0.2) is 47.9 Å². The van der Waals surface area contributed by atoms with E-state index in [9.17, 15) is 10.2 Å². The van der Waals surface area contributed by atoms with Gasteiger partial charge in [0, 0.05) is 5.97 Å². The molecule has 39 heavy (non-hydrogen) atoms. The van der Waals surface area contributed by atoms with Crippen molar-refractivity contribution in [2.45, 2.75) is 111 Å². The van der Waals surface area contributed by atoms with Crippen LogP contribution in [0.4, 0.5) is 0 Å². The topological polar surface area (TPSA) is 86.6 Å². The number of aryl methyl sites for hydroxylation is 2. The Morgan fingerprint density at radius 3 is 1.46 bits per heavy atom. The normalized spacial score (nSPS) is 21.7. The third-order valence-corrected chi connectivity index (χ3v) is 8.59. The minimum absolute atomic E-state index is 0.123. The molecule has 2 N–H and O–H groups in total. The quantitative estimate of drug-likeness (QED) is 0.531. The summed E-state index contributed by atoms with van der Waals surface area (Å²) in [6.07, 6.45) is 9.05. The van der Waals surface area contributed by atoms with Crippen LogP contribution in [0.3, 0.4) is 0 Å². The average molecular weight is 581 g/mol. The average Bonchev–Trinajstić information content (AvgIpc) is 3.13. The fraction of sp³-hybridized carbons (Fsp3) is 0.531. The number of nitrogens with zero attached hydrogens (tertiary/aromatic N) is 2. The van der Waals surface area contributed by atoms with E-state index in [0.29, 0.717) is 23.6 Å². The number of carbonyl (C=O) groups excluding carboxylic acids is 1. The van der Waals surface area contributed by atoms with E-state index in [-0.39, 0.29) is 10.8 Å². The van der Waals surface area contributed by atoms with E-state index in [0.717, 1.165) is 68.3 Å². The number of carbonyl (C=O) groups is 1. The molecule has 2 aromatic carbocycles. The van der Waals surface area contributed by atoms with E-state index in [1.807, 2.05) is 0 Å². The SMILES string of the molecule is CC(=O)[O-].Cc1cc(C=[N+]2[Co][N+](=Cc3cc(C)cc(C(C)(C)C)c3O)[C@@H]3CCCC[C@H]32)c(O)c(C(C)(C)C)c1. The van der Waals surface area contributed by atoms with Crippen molar-refractivity contribution in [1.82, 2.24) is 0 Å². The van der Waals surface area contributed by atoms with Crippen LogP contribution in [0.25, 0.3) is 0 Å². The van der Waals surface area contributed by atoms with Crippen LogP contribution in [0.2, 0.25) is 0 Å². The molecule has 0 spiro atoms. The van der Waals surface area contributed by atoms with Gasteiger partial charge in [-0.15, -0.1) is 0 Å². The standard InChI is InChI=1S/C30H42N2O2.C2H4O2.Co/c1-19-13-21(27(33)23(15-19)29(3,4)5)17-31-25-11-9-10-12-26(25)32-18-22-14-20(2)16-24(28(22)34)30(6,7)8;1-2(3)4;/h13-18,25-26,33-34H,9-12H2,1-8H3;1H3,(H,3,4);/q;;+2/p-1/t25-,26-;;/m1../s1. The number of carboxylic acids is 1. The van der Waals surface area contributed by atoms with Gasteiger partial charge in [-0.05, 0) is 6.92 Å². The monoisotopic (exact) mass is 580 g/mol. The van der Waals surface area contributed by atoms with Crippen molar-refractivity contribution in [3.8, 4) is 11.5 Å². The third kappa shape index (κ3) is 7.51. The molecule has 2 fully saturated rings. The number of hydrogen-bond acceptors (Lipinski definition) is 4. The first-order valence-corrected chi connectivity index (χ1v) is 14.7. The molecule has 7 heteroatoms. The first-order chi connectivity index (χ1) is 18.0. The van der Waals surface area contributed by atoms with Gasteiger partial charge in [-0.25, -0.2) is 0 Å². The molecular formula is C32H45CoN2O4+. The van der Waals surface area contributed by atoms with E-state index in [4.69, 9.17) is 9.90 Å². The number of hydrogen-bond donors (Lipinski definition) is 2. The summed E-state index contributed by atoms with van der Waals surface area (Å²) in [5.41, 5.74) is 5.84. The summed E-state index contributed by atoms with van der Waals surface area (Å²) in [4.78, 5) is 8.89. The second-order valence-electron chi connectivity index (χ2n) is 12.9. The Kier molecular flexibility index (Phi) is 9.38. The number of phenols is 2. The molecule has 1 aliphatic heterocycles. The molecule has 215 valence electrons. The third-order valence-electron chi connectivity index (χ3n) is 7.15. The molecular weight excluding hydrogens is 535 g/mol. The van der Waals surface area contributed by atoms with Crippen molar-refractivity contribution in [3.63, 3.8) is 0 Å². The van der Waals surface area contributed by atoms with Crippen LogP contribution < -0.4 is 5.11 Å². The van der Waals surface area contributed by atoms with Crippen LogP contribution in [0, 0.1) is 13.8 Å². The van der Waals surface area contributed by atoms with E-state index < -0.39 is 5.97 Å². The van der Waals surface area contributed by atoms with Gasteiger partial charge < -0.3 is 9.90 Å². The Labute approximate surface area is 240 Å². The number of rotatable bonds is 2. The minimum atomic E-state index is -1.08. The van der Waals surface area contributed by atoms with Gasteiger partial charge >= 0.3 is 218 Å². The Morgan fingerprint density at radius 1 is 0.821 bits per heavy atom. The van der Waals surface area contributed by atoms with Crippen molar-refractivity contribution < 1.29 is 42.5 Å². The summed E-state index contributed by atoms with van der Waals surface area (Å²) in [6, 6.07) is 9.17. The van der Waals surface area contributed by atoms with Gasteiger partial charge in [-0.1, -0.05) is 0 Å². The molecule has 1 saturated heterocycles. The van der Waals surface area contributed by atoms with E-state index in [1.54, 1.807) is 0 Å². The molecule has 0 unspecified atom stereocenters. The maximum atomic E-state index is 11.2. The zero-order chi connectivity index (χ0) is 29.3. The van der Waals surface area contributed by atoms with Crippen molar-refractivity contribution in [3.05, 3.63) is 57.6 Å². The van der Waals surface area contributed by atoms with E-state index in [2.05, 4.69) is 99.3 Å². The fourth-order valence-corrected chi connectivity index (χ4v) is 6.89. The summed E-state index contributed by atoms with van der Waals surface area (Å²) in [5.74, 6) is -0.308. The van der Waals surface area contributed by atoms with E-state index >= 15 is 0 Å². The van der Waals surface area contributed by atoms with Gasteiger partial charge in [0.2, 0.25) is 0 Å². The molecule has 2 atom stereocenters. The van der Waals surface area contributed by atoms with Gasteiger partial charge in [0.05, 0.1) is 0 Å². The Hall–Kier alpha value is -2.64. The van der Waals surface area contributed by atoms with Gasteiger partial charge in [-0.3, -0.25) is 0 Å². The van der Waals surface area contributed by atoms with Crippen LogP contribution in [0.5, 0.6) is 11.5 Å². The molecule has 6 nitrogen and oxygen atoms in total. The van der Waals surface area contributed by atoms with Crippen molar-refractivity contribution in [2.75, 3.05) is 0 Å². The molecule has 1 aliphatic carbocycles. The molecule has 1 heterocycles. The fourth-order valence-electron chi connectivity index (χ4n) is 5.27. The second kappa shape index (κ2) is 11.8. The van der Waals surface area contributed by atoms with Gasteiger partial charge in [-0.2, -0.15) is 0 Å². The molecule has 0 aromatic heterocycles.